The van der Waals surface area contributed by atoms with Crippen LogP contribution in [0.15, 0.2) is 11.6 Å². The Morgan fingerprint density at radius 3 is 1.91 bits per heavy atom. The van der Waals surface area contributed by atoms with Crippen LogP contribution in [0.4, 0.5) is 0 Å². The van der Waals surface area contributed by atoms with Crippen LogP contribution in [-0.4, -0.2) is 58.1 Å². The monoisotopic (exact) mass is 792 g/mol. The molecule has 4 aliphatic rings. The number of fused-ring (bicyclic) bond motifs is 5. The summed E-state index contributed by atoms with van der Waals surface area (Å²) < 4.78 is 29.0. The van der Waals surface area contributed by atoms with Gasteiger partial charge in [0.1, 0.15) is 13.2 Å². The second kappa shape index (κ2) is 23.0. The summed E-state index contributed by atoms with van der Waals surface area (Å²) in [6.45, 7) is 14.8. The highest BCUT2D eigenvalue weighted by Gasteiger charge is 2.59. The molecule has 6 nitrogen and oxygen atoms in total. The van der Waals surface area contributed by atoms with Crippen molar-refractivity contribution in [1.29, 1.82) is 0 Å². The van der Waals surface area contributed by atoms with Gasteiger partial charge in [-0.2, -0.15) is 0 Å². The van der Waals surface area contributed by atoms with Gasteiger partial charge in [0.15, 0.2) is 0 Å². The third-order valence-corrected chi connectivity index (χ3v) is 16.4. The fourth-order valence-electron chi connectivity index (χ4n) is 12.0. The molecule has 9 atom stereocenters. The highest BCUT2D eigenvalue weighted by Crippen LogP contribution is 2.67. The predicted octanol–water partition coefficient (Wildman–Crippen LogP) is 13.1. The standard InChI is InChI=1S/C48H90NO5P/c1-39(2)24-23-25-40(3)44-28-29-45-43-27-26-41-38-42(30-32-47(41,4)46(43)31-33-48(44,45)5)52-35-21-19-17-15-13-11-9-10-12-14-16-18-20-22-36-53-55(50,51)54-37-34-49(6,7)8/h26,39-40,42-46H,9-25,27-38H2,1-8H3/t40-,42+,43+,44-,45+,46+,47+,48-/m1/s1. The molecule has 0 spiro atoms. The van der Waals surface area contributed by atoms with E-state index in [9.17, 15) is 9.46 Å². The Labute approximate surface area is 341 Å². The largest absolute Gasteiger partial charge is 0.756 e. The lowest BCUT2D eigenvalue weighted by atomic mass is 9.47. The van der Waals surface area contributed by atoms with Crippen molar-refractivity contribution < 1.29 is 27.7 Å². The number of rotatable bonds is 28. The molecular weight excluding hydrogens is 702 g/mol. The number of hydrogen-bond acceptors (Lipinski definition) is 5. The third-order valence-electron chi connectivity index (χ3n) is 15.4. The van der Waals surface area contributed by atoms with Crippen LogP contribution in [0.25, 0.3) is 0 Å². The van der Waals surface area contributed by atoms with Gasteiger partial charge in [0, 0.05) is 6.61 Å². The van der Waals surface area contributed by atoms with Crippen LogP contribution in [0, 0.1) is 46.3 Å². The summed E-state index contributed by atoms with van der Waals surface area (Å²) in [6.07, 6.45) is 36.0. The average Bonchev–Trinajstić information content (AvgIpc) is 3.47. The number of ether oxygens (including phenoxy) is 1. The minimum absolute atomic E-state index is 0.165. The predicted molar refractivity (Wildman–Crippen MR) is 230 cm³/mol. The second-order valence-electron chi connectivity index (χ2n) is 21.1. The number of allylic oxidation sites excluding steroid dienone is 1. The van der Waals surface area contributed by atoms with E-state index in [1.807, 2.05) is 21.1 Å². The molecule has 4 rings (SSSR count). The van der Waals surface area contributed by atoms with Gasteiger partial charge >= 0.3 is 0 Å². The third kappa shape index (κ3) is 15.1. The molecule has 0 N–H and O–H groups in total. The molecule has 0 amide bonds. The van der Waals surface area contributed by atoms with Crippen molar-refractivity contribution in [3.05, 3.63) is 11.6 Å². The molecule has 0 aromatic rings. The lowest BCUT2D eigenvalue weighted by Gasteiger charge is -2.58. The van der Waals surface area contributed by atoms with Crippen molar-refractivity contribution in [1.82, 2.24) is 0 Å². The van der Waals surface area contributed by atoms with E-state index < -0.39 is 7.82 Å². The zero-order chi connectivity index (χ0) is 40.0. The normalized spacial score (nSPS) is 31.1. The van der Waals surface area contributed by atoms with Crippen molar-refractivity contribution >= 4 is 7.82 Å². The number of nitrogens with zero attached hydrogens (tertiary/aromatic N) is 1. The topological polar surface area (TPSA) is 67.8 Å². The van der Waals surface area contributed by atoms with Crippen molar-refractivity contribution in [3.8, 4) is 0 Å². The minimum atomic E-state index is -4.16. The minimum Gasteiger partial charge on any atom is -0.756 e. The van der Waals surface area contributed by atoms with Gasteiger partial charge in [-0.15, -0.1) is 0 Å². The van der Waals surface area contributed by atoms with E-state index in [0.717, 1.165) is 61.4 Å². The zero-order valence-electron chi connectivity index (χ0n) is 37.6. The number of phosphoric ester groups is 1. The van der Waals surface area contributed by atoms with Crippen LogP contribution in [0.2, 0.25) is 0 Å². The molecule has 0 saturated heterocycles. The highest BCUT2D eigenvalue weighted by molar-refractivity contribution is 7.45. The van der Waals surface area contributed by atoms with E-state index in [4.69, 9.17) is 13.8 Å². The molecule has 7 heteroatoms. The number of unbranched alkanes of at least 4 members (excludes halogenated alkanes) is 13. The molecule has 0 bridgehead atoms. The summed E-state index contributed by atoms with van der Waals surface area (Å²) in [4.78, 5) is 11.8. The maximum absolute atomic E-state index is 11.8. The van der Waals surface area contributed by atoms with E-state index >= 15 is 0 Å². The van der Waals surface area contributed by atoms with Crippen molar-refractivity contribution in [2.24, 2.45) is 46.3 Å². The van der Waals surface area contributed by atoms with Crippen LogP contribution in [0.3, 0.4) is 0 Å². The maximum Gasteiger partial charge on any atom is 0.268 e. The smallest absolute Gasteiger partial charge is 0.268 e. The molecule has 0 aliphatic heterocycles. The summed E-state index contributed by atoms with van der Waals surface area (Å²) in [5, 5.41) is 0. The summed E-state index contributed by atoms with van der Waals surface area (Å²) in [5.41, 5.74) is 2.79. The molecule has 3 saturated carbocycles. The molecule has 3 fully saturated rings. The van der Waals surface area contributed by atoms with Gasteiger partial charge in [0.05, 0.1) is 33.9 Å². The van der Waals surface area contributed by atoms with Crippen LogP contribution in [0.5, 0.6) is 0 Å². The van der Waals surface area contributed by atoms with Gasteiger partial charge in [0.25, 0.3) is 7.82 Å². The van der Waals surface area contributed by atoms with E-state index in [1.54, 1.807) is 5.57 Å². The van der Waals surface area contributed by atoms with E-state index in [2.05, 4.69) is 40.7 Å². The van der Waals surface area contributed by atoms with E-state index in [1.165, 1.54) is 141 Å². The number of hydrogen-bond donors (Lipinski definition) is 0. The number of quaternary nitrogens is 1. The molecule has 4 aliphatic carbocycles. The highest BCUT2D eigenvalue weighted by atomic mass is 31.2. The van der Waals surface area contributed by atoms with Crippen molar-refractivity contribution in [2.45, 2.75) is 201 Å². The first kappa shape index (κ1) is 47.4. The van der Waals surface area contributed by atoms with Gasteiger partial charge in [0.2, 0.25) is 0 Å². The SMILES string of the molecule is CC(C)CCC[C@@H](C)[C@H]1CC[C@H]2[C@@H]3CC=C4C[C@@H](OCCCCCCCCCCCCCCCCOP(=O)([O-])OCC[N+](C)(C)C)CC[C@]4(C)[C@H]3CC[C@]12C. The van der Waals surface area contributed by atoms with Crippen LogP contribution >= 0.6 is 7.82 Å². The molecule has 0 radical (unpaired) electrons. The molecule has 0 aromatic heterocycles. The molecule has 0 heterocycles. The van der Waals surface area contributed by atoms with Crippen LogP contribution < -0.4 is 4.89 Å². The Kier molecular flexibility index (Phi) is 19.8. The Morgan fingerprint density at radius 1 is 0.727 bits per heavy atom. The average molecular weight is 792 g/mol. The summed E-state index contributed by atoms with van der Waals surface area (Å²) in [7, 11) is 1.86. The molecule has 1 unspecified atom stereocenters. The van der Waals surface area contributed by atoms with Crippen LogP contribution in [0.1, 0.15) is 195 Å². The Hall–Kier alpha value is -0.230. The Morgan fingerprint density at radius 2 is 1.31 bits per heavy atom. The molecule has 322 valence electrons. The molecule has 0 aromatic carbocycles. The first-order valence-electron chi connectivity index (χ1n) is 23.9. The summed E-state index contributed by atoms with van der Waals surface area (Å²) in [5.74, 6) is 5.47. The molecule has 55 heavy (non-hydrogen) atoms. The van der Waals surface area contributed by atoms with Crippen molar-refractivity contribution in [2.75, 3.05) is 47.5 Å². The second-order valence-corrected chi connectivity index (χ2v) is 22.5. The Bertz CT molecular complexity index is 1170. The molecular formula is C48H90NO5P. The lowest BCUT2D eigenvalue weighted by molar-refractivity contribution is -0.870. The Balaban J connectivity index is 0.974. The van der Waals surface area contributed by atoms with E-state index in [0.29, 0.717) is 28.0 Å². The van der Waals surface area contributed by atoms with E-state index in [-0.39, 0.29) is 13.2 Å². The first-order valence-corrected chi connectivity index (χ1v) is 25.3. The fourth-order valence-corrected chi connectivity index (χ4v) is 12.7. The van der Waals surface area contributed by atoms with Crippen LogP contribution in [-0.2, 0) is 18.3 Å². The zero-order valence-corrected chi connectivity index (χ0v) is 38.5. The van der Waals surface area contributed by atoms with Crippen molar-refractivity contribution in [3.63, 3.8) is 0 Å². The van der Waals surface area contributed by atoms with Gasteiger partial charge in [-0.3, -0.25) is 4.57 Å². The number of phosphoric acid groups is 1. The lowest BCUT2D eigenvalue weighted by Crippen LogP contribution is -2.51. The van der Waals surface area contributed by atoms with Gasteiger partial charge < -0.3 is 23.2 Å². The quantitative estimate of drug-likeness (QED) is 0.0342. The summed E-state index contributed by atoms with van der Waals surface area (Å²) in [6, 6.07) is 0. The first-order chi connectivity index (χ1) is 26.1. The summed E-state index contributed by atoms with van der Waals surface area (Å²) >= 11 is 0. The maximum atomic E-state index is 11.8. The van der Waals surface area contributed by atoms with Gasteiger partial charge in [-0.05, 0) is 111 Å². The van der Waals surface area contributed by atoms with Gasteiger partial charge in [-0.25, -0.2) is 0 Å². The fraction of sp³-hybridized carbons (Fsp3) is 0.958. The van der Waals surface area contributed by atoms with Gasteiger partial charge in [-0.1, -0.05) is 143 Å². The number of likely N-dealkylation sites (N-methyl/N-ethyl adjacent to an activating group) is 1.